The summed E-state index contributed by atoms with van der Waals surface area (Å²) in [7, 11) is 1.95. The summed E-state index contributed by atoms with van der Waals surface area (Å²) in [6.45, 7) is 1.38. The molecule has 1 aromatic heterocycles. The largest absolute Gasteiger partial charge is 0.391 e. The highest BCUT2D eigenvalue weighted by Gasteiger charge is 2.08. The van der Waals surface area contributed by atoms with Gasteiger partial charge in [-0.2, -0.15) is 0 Å². The molecule has 2 nitrogen and oxygen atoms in total. The van der Waals surface area contributed by atoms with E-state index < -0.39 is 6.10 Å². The van der Waals surface area contributed by atoms with Crippen LogP contribution in [0.5, 0.6) is 0 Å². The van der Waals surface area contributed by atoms with Crippen LogP contribution in [0.15, 0.2) is 12.1 Å². The highest BCUT2D eigenvalue weighted by molar-refractivity contribution is 7.16. The average Bonchev–Trinajstić information content (AvgIpc) is 2.50. The lowest BCUT2D eigenvalue weighted by atomic mass is 10.3. The predicted molar refractivity (Wildman–Crippen MR) is 62.4 cm³/mol. The smallest absolute Gasteiger partial charge is 0.0931 e. The predicted octanol–water partition coefficient (Wildman–Crippen LogP) is 2.43. The average molecular weight is 254 g/mol. The van der Waals surface area contributed by atoms with E-state index >= 15 is 0 Å². The molecule has 1 rings (SSSR count). The molecule has 1 aromatic rings. The van der Waals surface area contributed by atoms with Gasteiger partial charge in [0.2, 0.25) is 0 Å². The molecule has 0 fully saturated rings. The summed E-state index contributed by atoms with van der Waals surface area (Å²) in [6, 6.07) is 3.88. The number of nitrogens with zero attached hydrogens (tertiary/aromatic N) is 1. The Morgan fingerprint density at radius 2 is 2.29 bits per heavy atom. The summed E-state index contributed by atoms with van der Waals surface area (Å²) < 4.78 is 0.797. The molecule has 0 bridgehead atoms. The van der Waals surface area contributed by atoms with Gasteiger partial charge in [0.15, 0.2) is 0 Å². The number of alkyl halides is 1. The van der Waals surface area contributed by atoms with Crippen molar-refractivity contribution in [1.82, 2.24) is 4.90 Å². The van der Waals surface area contributed by atoms with Crippen LogP contribution in [0.2, 0.25) is 4.34 Å². The molecule has 0 saturated heterocycles. The first-order chi connectivity index (χ1) is 6.61. The van der Waals surface area contributed by atoms with E-state index in [4.69, 9.17) is 23.2 Å². The minimum Gasteiger partial charge on any atom is -0.391 e. The third-order valence-electron chi connectivity index (χ3n) is 1.76. The first kappa shape index (κ1) is 12.3. The molecule has 0 saturated carbocycles. The van der Waals surface area contributed by atoms with Gasteiger partial charge in [-0.25, -0.2) is 0 Å². The number of halogens is 2. The fourth-order valence-corrected chi connectivity index (χ4v) is 2.44. The second kappa shape index (κ2) is 5.93. The van der Waals surface area contributed by atoms with Crippen LogP contribution in [-0.2, 0) is 6.54 Å². The van der Waals surface area contributed by atoms with Gasteiger partial charge < -0.3 is 5.11 Å². The van der Waals surface area contributed by atoms with Crippen molar-refractivity contribution in [2.75, 3.05) is 19.5 Å². The Morgan fingerprint density at radius 3 is 2.79 bits per heavy atom. The SMILES string of the molecule is CN(Cc1ccc(Cl)s1)CC(O)CCl. The van der Waals surface area contributed by atoms with Crippen molar-refractivity contribution in [2.45, 2.75) is 12.6 Å². The quantitative estimate of drug-likeness (QED) is 0.816. The molecule has 0 aliphatic heterocycles. The Hall–Kier alpha value is 0.200. The van der Waals surface area contributed by atoms with Crippen LogP contribution in [0.4, 0.5) is 0 Å². The van der Waals surface area contributed by atoms with Crippen molar-refractivity contribution in [1.29, 1.82) is 0 Å². The summed E-state index contributed by atoms with van der Waals surface area (Å²) in [5.74, 6) is 0.273. The van der Waals surface area contributed by atoms with Gasteiger partial charge in [0, 0.05) is 23.8 Å². The van der Waals surface area contributed by atoms with Crippen molar-refractivity contribution in [3.63, 3.8) is 0 Å². The molecule has 0 radical (unpaired) electrons. The standard InChI is InChI=1S/C9H13Cl2NOS/c1-12(5-7(13)4-10)6-8-2-3-9(11)14-8/h2-3,7,13H,4-6H2,1H3. The number of rotatable bonds is 5. The van der Waals surface area contributed by atoms with Crippen molar-refractivity contribution >= 4 is 34.5 Å². The van der Waals surface area contributed by atoms with E-state index in [-0.39, 0.29) is 5.88 Å². The topological polar surface area (TPSA) is 23.5 Å². The number of aliphatic hydroxyl groups excluding tert-OH is 1. The van der Waals surface area contributed by atoms with Gasteiger partial charge in [-0.1, -0.05) is 11.6 Å². The van der Waals surface area contributed by atoms with Gasteiger partial charge in [0.05, 0.1) is 10.4 Å². The second-order valence-electron chi connectivity index (χ2n) is 3.21. The Kier molecular flexibility index (Phi) is 5.20. The Bertz CT molecular complexity index is 280. The normalized spacial score (nSPS) is 13.5. The molecule has 0 amide bonds. The lowest BCUT2D eigenvalue weighted by Crippen LogP contribution is -2.29. The number of aliphatic hydroxyl groups is 1. The maximum Gasteiger partial charge on any atom is 0.0931 e. The first-order valence-electron chi connectivity index (χ1n) is 4.28. The molecule has 14 heavy (non-hydrogen) atoms. The van der Waals surface area contributed by atoms with E-state index in [0.29, 0.717) is 6.54 Å². The van der Waals surface area contributed by atoms with E-state index in [1.54, 1.807) is 11.3 Å². The van der Waals surface area contributed by atoms with Gasteiger partial charge in [0.1, 0.15) is 0 Å². The van der Waals surface area contributed by atoms with Gasteiger partial charge in [-0.05, 0) is 19.2 Å². The van der Waals surface area contributed by atoms with Crippen molar-refractivity contribution in [3.8, 4) is 0 Å². The van der Waals surface area contributed by atoms with Gasteiger partial charge in [0.25, 0.3) is 0 Å². The van der Waals surface area contributed by atoms with Crippen LogP contribution in [0.25, 0.3) is 0 Å². The summed E-state index contributed by atoms with van der Waals surface area (Å²) >= 11 is 12.9. The van der Waals surface area contributed by atoms with Crippen molar-refractivity contribution in [3.05, 3.63) is 21.3 Å². The summed E-state index contributed by atoms with van der Waals surface area (Å²) in [6.07, 6.45) is -0.461. The molecule has 0 aliphatic carbocycles. The lowest BCUT2D eigenvalue weighted by molar-refractivity contribution is 0.141. The zero-order valence-electron chi connectivity index (χ0n) is 7.91. The van der Waals surface area contributed by atoms with Gasteiger partial charge in [-0.3, -0.25) is 4.90 Å². The summed E-state index contributed by atoms with van der Waals surface area (Å²) in [5.41, 5.74) is 0. The van der Waals surface area contributed by atoms with Crippen LogP contribution < -0.4 is 0 Å². The molecular weight excluding hydrogens is 241 g/mol. The molecule has 5 heteroatoms. The fraction of sp³-hybridized carbons (Fsp3) is 0.556. The van der Waals surface area contributed by atoms with Crippen LogP contribution in [-0.4, -0.2) is 35.6 Å². The first-order valence-corrected chi connectivity index (χ1v) is 6.01. The van der Waals surface area contributed by atoms with Crippen LogP contribution in [0, 0.1) is 0 Å². The molecular formula is C9H13Cl2NOS. The minimum absolute atomic E-state index is 0.273. The Morgan fingerprint density at radius 1 is 1.57 bits per heavy atom. The summed E-state index contributed by atoms with van der Waals surface area (Å²) in [5, 5.41) is 9.32. The third-order valence-corrected chi connectivity index (χ3v) is 3.33. The van der Waals surface area contributed by atoms with Crippen molar-refractivity contribution < 1.29 is 5.11 Å². The van der Waals surface area contributed by atoms with E-state index in [1.165, 1.54) is 4.88 Å². The third kappa shape index (κ3) is 4.15. The minimum atomic E-state index is -0.461. The molecule has 0 spiro atoms. The molecule has 1 heterocycles. The molecule has 0 aromatic carbocycles. The number of hydrogen-bond donors (Lipinski definition) is 1. The van der Waals surface area contributed by atoms with E-state index in [9.17, 15) is 5.11 Å². The fourth-order valence-electron chi connectivity index (χ4n) is 1.18. The number of thiophene rings is 1. The second-order valence-corrected chi connectivity index (χ2v) is 5.32. The zero-order valence-corrected chi connectivity index (χ0v) is 10.2. The van der Waals surface area contributed by atoms with E-state index in [0.717, 1.165) is 10.9 Å². The molecule has 1 N–H and O–H groups in total. The van der Waals surface area contributed by atoms with Gasteiger partial charge >= 0.3 is 0 Å². The molecule has 1 unspecified atom stereocenters. The summed E-state index contributed by atoms with van der Waals surface area (Å²) in [4.78, 5) is 3.22. The Balaban J connectivity index is 2.37. The van der Waals surface area contributed by atoms with Crippen LogP contribution >= 0.6 is 34.5 Å². The van der Waals surface area contributed by atoms with Crippen LogP contribution in [0.1, 0.15) is 4.88 Å². The van der Waals surface area contributed by atoms with Crippen LogP contribution in [0.3, 0.4) is 0 Å². The highest BCUT2D eigenvalue weighted by atomic mass is 35.5. The molecule has 80 valence electrons. The Labute approximate surface area is 98.1 Å². The van der Waals surface area contributed by atoms with E-state index in [1.807, 2.05) is 24.1 Å². The van der Waals surface area contributed by atoms with Crippen molar-refractivity contribution in [2.24, 2.45) is 0 Å². The monoisotopic (exact) mass is 253 g/mol. The number of likely N-dealkylation sites (N-methyl/N-ethyl adjacent to an activating group) is 1. The lowest BCUT2D eigenvalue weighted by Gasteiger charge is -2.18. The number of hydrogen-bond acceptors (Lipinski definition) is 3. The maximum absolute atomic E-state index is 9.32. The highest BCUT2D eigenvalue weighted by Crippen LogP contribution is 2.22. The molecule has 1 atom stereocenters. The molecule has 0 aliphatic rings. The van der Waals surface area contributed by atoms with E-state index in [2.05, 4.69) is 0 Å². The maximum atomic E-state index is 9.32. The van der Waals surface area contributed by atoms with Gasteiger partial charge in [-0.15, -0.1) is 22.9 Å². The zero-order chi connectivity index (χ0) is 10.6.